The van der Waals surface area contributed by atoms with Crippen LogP contribution >= 0.6 is 11.6 Å². The Morgan fingerprint density at radius 1 is 1.33 bits per heavy atom. The quantitative estimate of drug-likeness (QED) is 0.757. The summed E-state index contributed by atoms with van der Waals surface area (Å²) in [5, 5.41) is 0.541. The van der Waals surface area contributed by atoms with Crippen LogP contribution in [-0.2, 0) is 14.3 Å². The van der Waals surface area contributed by atoms with Crippen LogP contribution in [0.3, 0.4) is 0 Å². The molecule has 21 heavy (non-hydrogen) atoms. The van der Waals surface area contributed by atoms with Gasteiger partial charge in [-0.2, -0.15) is 0 Å². The van der Waals surface area contributed by atoms with Crippen LogP contribution in [0.5, 0.6) is 5.75 Å². The largest absolute Gasteiger partial charge is 0.481 e. The van der Waals surface area contributed by atoms with Gasteiger partial charge in [-0.05, 0) is 25.1 Å². The van der Waals surface area contributed by atoms with E-state index < -0.39 is 6.10 Å². The van der Waals surface area contributed by atoms with Gasteiger partial charge in [0.1, 0.15) is 5.75 Å². The number of likely N-dealkylation sites (N-methyl/N-ethyl adjacent to an activating group) is 1. The number of nitrogens with zero attached hydrogens (tertiary/aromatic N) is 1. The number of halogens is 1. The number of methoxy groups -OCH3 is 1. The second kappa shape index (κ2) is 7.88. The van der Waals surface area contributed by atoms with Crippen molar-refractivity contribution in [1.29, 1.82) is 0 Å². The van der Waals surface area contributed by atoms with E-state index in [9.17, 15) is 9.59 Å². The molecular formula is C15H20ClNO4. The van der Waals surface area contributed by atoms with Crippen LogP contribution in [0, 0.1) is 5.92 Å². The highest BCUT2D eigenvalue weighted by Gasteiger charge is 2.23. The fourth-order valence-corrected chi connectivity index (χ4v) is 2.06. The number of amides is 1. The zero-order chi connectivity index (χ0) is 16.0. The summed E-state index contributed by atoms with van der Waals surface area (Å²) in [7, 11) is 2.95. The summed E-state index contributed by atoms with van der Waals surface area (Å²) in [6, 6.07) is 6.85. The second-order valence-corrected chi connectivity index (χ2v) is 5.30. The van der Waals surface area contributed by atoms with Gasteiger partial charge in [0.15, 0.2) is 6.10 Å². The summed E-state index contributed by atoms with van der Waals surface area (Å²) in [6.07, 6.45) is -0.668. The van der Waals surface area contributed by atoms with Crippen molar-refractivity contribution >= 4 is 23.5 Å². The van der Waals surface area contributed by atoms with Gasteiger partial charge in [-0.15, -0.1) is 0 Å². The number of hydrogen-bond donors (Lipinski definition) is 0. The predicted molar refractivity (Wildman–Crippen MR) is 80.4 cm³/mol. The Bertz CT molecular complexity index is 506. The Labute approximate surface area is 129 Å². The third-order valence-electron chi connectivity index (χ3n) is 2.98. The zero-order valence-corrected chi connectivity index (χ0v) is 13.4. The molecule has 0 aromatic heterocycles. The minimum atomic E-state index is -0.668. The summed E-state index contributed by atoms with van der Waals surface area (Å²) in [4.78, 5) is 25.0. The lowest BCUT2D eigenvalue weighted by Gasteiger charge is -2.24. The third-order valence-corrected chi connectivity index (χ3v) is 3.22. The molecule has 0 fully saturated rings. The first kappa shape index (κ1) is 17.3. The van der Waals surface area contributed by atoms with Gasteiger partial charge >= 0.3 is 5.97 Å². The predicted octanol–water partition coefficient (Wildman–Crippen LogP) is 2.37. The molecular weight excluding hydrogens is 294 g/mol. The number of carbonyl (C=O) groups excluding carboxylic acids is 2. The molecule has 116 valence electrons. The van der Waals surface area contributed by atoms with Gasteiger partial charge in [0, 0.05) is 18.6 Å². The molecule has 1 rings (SSSR count). The maximum Gasteiger partial charge on any atom is 0.310 e. The van der Waals surface area contributed by atoms with Crippen LogP contribution in [0.2, 0.25) is 5.02 Å². The molecule has 2 unspecified atom stereocenters. The fourth-order valence-electron chi connectivity index (χ4n) is 1.88. The molecule has 0 spiro atoms. The molecule has 1 aromatic carbocycles. The van der Waals surface area contributed by atoms with E-state index in [2.05, 4.69) is 4.74 Å². The van der Waals surface area contributed by atoms with Crippen LogP contribution in [0.4, 0.5) is 0 Å². The number of benzene rings is 1. The Morgan fingerprint density at radius 3 is 2.57 bits per heavy atom. The van der Waals surface area contributed by atoms with Crippen molar-refractivity contribution in [1.82, 2.24) is 4.90 Å². The average molecular weight is 314 g/mol. The number of carbonyl (C=O) groups is 2. The van der Waals surface area contributed by atoms with E-state index in [4.69, 9.17) is 16.3 Å². The molecule has 1 amide bonds. The van der Waals surface area contributed by atoms with Crippen LogP contribution in [0.25, 0.3) is 0 Å². The third kappa shape index (κ3) is 5.27. The summed E-state index contributed by atoms with van der Waals surface area (Å²) in [6.45, 7) is 3.63. The Kier molecular flexibility index (Phi) is 6.49. The molecule has 0 radical (unpaired) electrons. The highest BCUT2D eigenvalue weighted by molar-refractivity contribution is 6.30. The SMILES string of the molecule is COC(=O)C(C)CN(C)C(=O)C(C)Oc1cccc(Cl)c1. The first-order chi connectivity index (χ1) is 9.85. The number of esters is 1. The summed E-state index contributed by atoms with van der Waals surface area (Å²) in [5.41, 5.74) is 0. The standard InChI is InChI=1S/C15H20ClNO4/c1-10(15(19)20-4)9-17(3)14(18)11(2)21-13-7-5-6-12(16)8-13/h5-8,10-11H,9H2,1-4H3. The van der Waals surface area contributed by atoms with Gasteiger partial charge in [0.2, 0.25) is 0 Å². The van der Waals surface area contributed by atoms with E-state index >= 15 is 0 Å². The van der Waals surface area contributed by atoms with Crippen molar-refractivity contribution < 1.29 is 19.1 Å². The molecule has 5 nitrogen and oxygen atoms in total. The lowest BCUT2D eigenvalue weighted by Crippen LogP contribution is -2.41. The van der Waals surface area contributed by atoms with E-state index in [1.807, 2.05) is 0 Å². The fraction of sp³-hybridized carbons (Fsp3) is 0.467. The molecule has 0 aliphatic rings. The highest BCUT2D eigenvalue weighted by atomic mass is 35.5. The lowest BCUT2D eigenvalue weighted by molar-refractivity contribution is -0.147. The van der Waals surface area contributed by atoms with Crippen molar-refractivity contribution in [3.63, 3.8) is 0 Å². The maximum atomic E-state index is 12.2. The van der Waals surface area contributed by atoms with Gasteiger partial charge in [0.25, 0.3) is 5.91 Å². The topological polar surface area (TPSA) is 55.8 Å². The number of hydrogen-bond acceptors (Lipinski definition) is 4. The van der Waals surface area contributed by atoms with Gasteiger partial charge in [0.05, 0.1) is 13.0 Å². The first-order valence-electron chi connectivity index (χ1n) is 6.60. The molecule has 2 atom stereocenters. The van der Waals surface area contributed by atoms with E-state index in [-0.39, 0.29) is 24.3 Å². The number of ether oxygens (including phenoxy) is 2. The first-order valence-corrected chi connectivity index (χ1v) is 6.98. The van der Waals surface area contributed by atoms with Crippen LogP contribution < -0.4 is 4.74 Å². The molecule has 0 aliphatic heterocycles. The van der Waals surface area contributed by atoms with Crippen molar-refractivity contribution in [2.24, 2.45) is 5.92 Å². The van der Waals surface area contributed by atoms with E-state index in [1.165, 1.54) is 12.0 Å². The van der Waals surface area contributed by atoms with Crippen molar-refractivity contribution in [3.05, 3.63) is 29.3 Å². The minimum Gasteiger partial charge on any atom is -0.481 e. The molecule has 0 bridgehead atoms. The zero-order valence-electron chi connectivity index (χ0n) is 12.6. The smallest absolute Gasteiger partial charge is 0.310 e. The summed E-state index contributed by atoms with van der Waals surface area (Å²) in [5.74, 6) is -0.427. The summed E-state index contributed by atoms with van der Waals surface area (Å²) >= 11 is 5.86. The van der Waals surface area contributed by atoms with Crippen molar-refractivity contribution in [3.8, 4) is 5.75 Å². The Balaban J connectivity index is 2.59. The summed E-state index contributed by atoms with van der Waals surface area (Å²) < 4.78 is 10.2. The maximum absolute atomic E-state index is 12.2. The van der Waals surface area contributed by atoms with Crippen molar-refractivity contribution in [2.75, 3.05) is 20.7 Å². The average Bonchev–Trinajstić information content (AvgIpc) is 2.45. The minimum absolute atomic E-state index is 0.217. The van der Waals surface area contributed by atoms with E-state index in [0.29, 0.717) is 10.8 Å². The van der Waals surface area contributed by atoms with Crippen molar-refractivity contribution in [2.45, 2.75) is 20.0 Å². The van der Waals surface area contributed by atoms with Gasteiger partial charge in [-0.3, -0.25) is 9.59 Å². The normalized spacial score (nSPS) is 13.2. The highest BCUT2D eigenvalue weighted by Crippen LogP contribution is 2.18. The molecule has 6 heteroatoms. The monoisotopic (exact) mass is 313 g/mol. The number of rotatable bonds is 6. The Morgan fingerprint density at radius 2 is 2.00 bits per heavy atom. The van der Waals surface area contributed by atoms with Gasteiger partial charge in [-0.25, -0.2) is 0 Å². The van der Waals surface area contributed by atoms with Gasteiger partial charge < -0.3 is 14.4 Å². The molecule has 0 aliphatic carbocycles. The van der Waals surface area contributed by atoms with E-state index in [1.54, 1.807) is 45.2 Å². The van der Waals surface area contributed by atoms with Crippen LogP contribution in [-0.4, -0.2) is 43.6 Å². The molecule has 1 aromatic rings. The lowest BCUT2D eigenvalue weighted by atomic mass is 10.1. The van der Waals surface area contributed by atoms with E-state index in [0.717, 1.165) is 0 Å². The second-order valence-electron chi connectivity index (χ2n) is 4.86. The molecule has 0 heterocycles. The van der Waals surface area contributed by atoms with Crippen LogP contribution in [0.1, 0.15) is 13.8 Å². The molecule has 0 N–H and O–H groups in total. The molecule has 0 saturated heterocycles. The molecule has 0 saturated carbocycles. The Hall–Kier alpha value is -1.75. The van der Waals surface area contributed by atoms with Gasteiger partial charge in [-0.1, -0.05) is 24.6 Å². The van der Waals surface area contributed by atoms with Crippen LogP contribution in [0.15, 0.2) is 24.3 Å².